The first-order valence-electron chi connectivity index (χ1n) is 6.88. The molecule has 0 aliphatic carbocycles. The molecule has 1 aromatic heterocycles. The summed E-state index contributed by atoms with van der Waals surface area (Å²) < 4.78 is 4.93. The fourth-order valence-electron chi connectivity index (χ4n) is 2.02. The van der Waals surface area contributed by atoms with E-state index in [1.807, 2.05) is 0 Å². The van der Waals surface area contributed by atoms with Gasteiger partial charge in [0, 0.05) is 20.5 Å². The monoisotopic (exact) mass is 287 g/mol. The van der Waals surface area contributed by atoms with Gasteiger partial charge in [0.1, 0.15) is 0 Å². The Kier molecular flexibility index (Phi) is 4.92. The lowest BCUT2D eigenvalue weighted by molar-refractivity contribution is 0.387. The molecule has 0 spiro atoms. The van der Waals surface area contributed by atoms with E-state index in [0.717, 1.165) is 6.54 Å². The number of hydrogen-bond donors (Lipinski definition) is 2. The van der Waals surface area contributed by atoms with E-state index in [-0.39, 0.29) is 0 Å². The second-order valence-electron chi connectivity index (χ2n) is 4.94. The zero-order chi connectivity index (χ0) is 15.2. The molecule has 0 aliphatic heterocycles. The predicted molar refractivity (Wildman–Crippen MR) is 82.0 cm³/mol. The number of hydrogen-bond acceptors (Lipinski definition) is 4. The van der Waals surface area contributed by atoms with Crippen LogP contribution in [-0.4, -0.2) is 23.1 Å². The van der Waals surface area contributed by atoms with Crippen LogP contribution >= 0.6 is 0 Å². The number of benzene rings is 1. The number of guanidine groups is 1. The van der Waals surface area contributed by atoms with E-state index >= 15 is 0 Å². The molecule has 0 saturated heterocycles. The normalized spacial score (nSPS) is 11.5. The molecule has 0 saturated carbocycles. The Morgan fingerprint density at radius 2 is 1.95 bits per heavy atom. The van der Waals surface area contributed by atoms with Gasteiger partial charge < -0.3 is 15.2 Å². The largest absolute Gasteiger partial charge is 0.352 e. The molecule has 2 rings (SSSR count). The minimum Gasteiger partial charge on any atom is -0.352 e. The van der Waals surface area contributed by atoms with Crippen LogP contribution in [0.4, 0.5) is 0 Å². The number of nitrogens with zero attached hydrogens (tertiary/aromatic N) is 3. The van der Waals surface area contributed by atoms with E-state index in [4.69, 9.17) is 4.52 Å². The van der Waals surface area contributed by atoms with Gasteiger partial charge in [-0.1, -0.05) is 28.9 Å². The average Bonchev–Trinajstić information content (AvgIpc) is 2.86. The summed E-state index contributed by atoms with van der Waals surface area (Å²) in [6.45, 7) is 7.17. The van der Waals surface area contributed by atoms with Gasteiger partial charge in [-0.05, 0) is 25.0 Å². The third-order valence-corrected chi connectivity index (χ3v) is 3.15. The summed E-state index contributed by atoms with van der Waals surface area (Å²) in [6.07, 6.45) is 0. The fourth-order valence-corrected chi connectivity index (χ4v) is 2.02. The lowest BCUT2D eigenvalue weighted by Crippen LogP contribution is -2.36. The Balaban J connectivity index is 1.88. The first-order chi connectivity index (χ1) is 10.1. The first kappa shape index (κ1) is 15.0. The van der Waals surface area contributed by atoms with E-state index in [2.05, 4.69) is 57.8 Å². The number of rotatable bonds is 4. The molecule has 0 radical (unpaired) electrons. The minimum atomic E-state index is 0.476. The molecule has 0 fully saturated rings. The van der Waals surface area contributed by atoms with Crippen molar-refractivity contribution >= 4 is 5.96 Å². The predicted octanol–water partition coefficient (Wildman–Crippen LogP) is 1.86. The molecule has 6 nitrogen and oxygen atoms in total. The van der Waals surface area contributed by atoms with Gasteiger partial charge in [-0.2, -0.15) is 4.98 Å². The Labute approximate surface area is 124 Å². The van der Waals surface area contributed by atoms with Crippen LogP contribution in [0.2, 0.25) is 0 Å². The summed E-state index contributed by atoms with van der Waals surface area (Å²) in [7, 11) is 1.73. The van der Waals surface area contributed by atoms with Crippen molar-refractivity contribution in [1.29, 1.82) is 0 Å². The number of aryl methyl sites for hydroxylation is 3. The molecular weight excluding hydrogens is 266 g/mol. The average molecular weight is 287 g/mol. The highest BCUT2D eigenvalue weighted by Crippen LogP contribution is 2.09. The zero-order valence-electron chi connectivity index (χ0n) is 12.9. The third-order valence-electron chi connectivity index (χ3n) is 3.15. The maximum absolute atomic E-state index is 4.93. The van der Waals surface area contributed by atoms with E-state index in [0.29, 0.717) is 24.2 Å². The Morgan fingerprint density at radius 1 is 1.19 bits per heavy atom. The minimum absolute atomic E-state index is 0.476. The van der Waals surface area contributed by atoms with Crippen LogP contribution in [0.25, 0.3) is 0 Å². The lowest BCUT2D eigenvalue weighted by Gasteiger charge is -2.12. The summed E-state index contributed by atoms with van der Waals surface area (Å²) in [5.74, 6) is 1.88. The highest BCUT2D eigenvalue weighted by atomic mass is 16.5. The third kappa shape index (κ3) is 4.30. The van der Waals surface area contributed by atoms with E-state index < -0.39 is 0 Å². The maximum atomic E-state index is 4.93. The van der Waals surface area contributed by atoms with Gasteiger partial charge in [0.2, 0.25) is 5.89 Å². The maximum Gasteiger partial charge on any atom is 0.223 e. The summed E-state index contributed by atoms with van der Waals surface area (Å²) in [5.41, 5.74) is 3.79. The Hall–Kier alpha value is -2.37. The Morgan fingerprint density at radius 3 is 2.57 bits per heavy atom. The number of nitrogens with one attached hydrogen (secondary N) is 2. The molecule has 0 unspecified atom stereocenters. The molecule has 0 aliphatic rings. The van der Waals surface area contributed by atoms with Crippen molar-refractivity contribution in [3.63, 3.8) is 0 Å². The second kappa shape index (κ2) is 6.88. The van der Waals surface area contributed by atoms with Gasteiger partial charge in [0.15, 0.2) is 11.8 Å². The van der Waals surface area contributed by atoms with Crippen molar-refractivity contribution in [2.75, 3.05) is 7.05 Å². The molecule has 0 amide bonds. The van der Waals surface area contributed by atoms with Crippen molar-refractivity contribution < 1.29 is 4.52 Å². The molecule has 1 aromatic carbocycles. The SMILES string of the molecule is CN=C(NCc1noc(C)n1)NCc1ccc(C)cc1C. The van der Waals surface area contributed by atoms with Crippen molar-refractivity contribution in [1.82, 2.24) is 20.8 Å². The topological polar surface area (TPSA) is 75.3 Å². The Bertz CT molecular complexity index is 633. The lowest BCUT2D eigenvalue weighted by atomic mass is 10.1. The van der Waals surface area contributed by atoms with Crippen molar-refractivity contribution in [2.45, 2.75) is 33.9 Å². The molecule has 1 heterocycles. The van der Waals surface area contributed by atoms with E-state index in [1.165, 1.54) is 16.7 Å². The van der Waals surface area contributed by atoms with Crippen molar-refractivity contribution in [3.8, 4) is 0 Å². The summed E-state index contributed by atoms with van der Waals surface area (Å²) in [4.78, 5) is 8.32. The molecule has 112 valence electrons. The zero-order valence-corrected chi connectivity index (χ0v) is 12.9. The van der Waals surface area contributed by atoms with Crippen LogP contribution in [-0.2, 0) is 13.1 Å². The number of aromatic nitrogens is 2. The molecule has 21 heavy (non-hydrogen) atoms. The van der Waals surface area contributed by atoms with Crippen LogP contribution in [0.1, 0.15) is 28.4 Å². The molecule has 0 atom stereocenters. The fraction of sp³-hybridized carbons (Fsp3) is 0.400. The van der Waals surface area contributed by atoms with Gasteiger partial charge in [0.25, 0.3) is 0 Å². The molecule has 2 aromatic rings. The van der Waals surface area contributed by atoms with Crippen molar-refractivity contribution in [3.05, 3.63) is 46.6 Å². The molecular formula is C15H21N5O. The van der Waals surface area contributed by atoms with Crippen LogP contribution in [0, 0.1) is 20.8 Å². The highest BCUT2D eigenvalue weighted by molar-refractivity contribution is 5.79. The van der Waals surface area contributed by atoms with E-state index in [9.17, 15) is 0 Å². The molecule has 2 N–H and O–H groups in total. The second-order valence-corrected chi connectivity index (χ2v) is 4.94. The standard InChI is InChI=1S/C15H21N5O/c1-10-5-6-13(11(2)7-10)8-17-15(16-4)18-9-14-19-12(3)21-20-14/h5-7H,8-9H2,1-4H3,(H2,16,17,18). The van der Waals surface area contributed by atoms with Gasteiger partial charge in [-0.3, -0.25) is 4.99 Å². The van der Waals surface area contributed by atoms with Gasteiger partial charge >= 0.3 is 0 Å². The first-order valence-corrected chi connectivity index (χ1v) is 6.88. The summed E-state index contributed by atoms with van der Waals surface area (Å²) in [6, 6.07) is 6.42. The quantitative estimate of drug-likeness (QED) is 0.663. The van der Waals surface area contributed by atoms with Gasteiger partial charge in [0.05, 0.1) is 6.54 Å². The van der Waals surface area contributed by atoms with Crippen LogP contribution < -0.4 is 10.6 Å². The van der Waals surface area contributed by atoms with Crippen LogP contribution in [0.5, 0.6) is 0 Å². The molecule has 6 heteroatoms. The highest BCUT2D eigenvalue weighted by Gasteiger charge is 2.04. The summed E-state index contributed by atoms with van der Waals surface area (Å²) in [5, 5.41) is 10.3. The smallest absolute Gasteiger partial charge is 0.223 e. The van der Waals surface area contributed by atoms with Gasteiger partial charge in [-0.25, -0.2) is 0 Å². The van der Waals surface area contributed by atoms with E-state index in [1.54, 1.807) is 14.0 Å². The van der Waals surface area contributed by atoms with Gasteiger partial charge in [-0.15, -0.1) is 0 Å². The van der Waals surface area contributed by atoms with Crippen LogP contribution in [0.15, 0.2) is 27.7 Å². The molecule has 0 bridgehead atoms. The summed E-state index contributed by atoms with van der Waals surface area (Å²) >= 11 is 0. The number of aliphatic imine (C=N–C) groups is 1. The van der Waals surface area contributed by atoms with Crippen LogP contribution in [0.3, 0.4) is 0 Å². The van der Waals surface area contributed by atoms with Crippen molar-refractivity contribution in [2.24, 2.45) is 4.99 Å².